The Hall–Kier alpha value is -10.2. The Morgan fingerprint density at radius 2 is 0.804 bits per heavy atom. The van der Waals surface area contributed by atoms with Crippen LogP contribution >= 0.6 is 15.9 Å². The SMILES string of the molecule is C#C[Si](C)(C)C.C#Cc1cc(N)ccc1OC.C#Cc1cc([N+](=O)[O-])ccc1OC.CCC(C)CC.CCCC(C)CCC.CO.C[Si](C)(C)C#Cc1cc([N+](=O)[O-])ccc1F.O=[N+]([O-])c1ccc(F)c(Br)c1.[2H]C([2H])([2H])Oc1ccc(N)cc1C#C.[2H]C([2H])([2H])Oc1ccc([N+](=O)[O-])cc1C#C. The molecule has 0 atom stereocenters. The van der Waals surface area contributed by atoms with Gasteiger partial charge in [-0.25, -0.2) is 8.78 Å². The van der Waals surface area contributed by atoms with Crippen molar-refractivity contribution in [3.05, 3.63) is 194 Å². The number of rotatable bonds is 14. The van der Waals surface area contributed by atoms with Gasteiger partial charge in [0.2, 0.25) is 0 Å². The second-order valence-corrected chi connectivity index (χ2v) is 32.2. The van der Waals surface area contributed by atoms with E-state index in [2.05, 4.69) is 127 Å². The fourth-order valence-corrected chi connectivity index (χ4v) is 7.21. The summed E-state index contributed by atoms with van der Waals surface area (Å²) in [6.07, 6.45) is 33.9. The Morgan fingerprint density at radius 1 is 0.505 bits per heavy atom. The zero-order valence-corrected chi connectivity index (χ0v) is 61.2. The average Bonchev–Trinajstić information content (AvgIpc) is 0.917. The third-order valence-corrected chi connectivity index (χ3v) is 14.2. The first kappa shape index (κ1) is 81.0. The Morgan fingerprint density at radius 3 is 1.07 bits per heavy atom. The molecule has 0 saturated carbocycles. The van der Waals surface area contributed by atoms with Crippen LogP contribution in [0.2, 0.25) is 39.3 Å². The van der Waals surface area contributed by atoms with E-state index >= 15 is 0 Å². The number of nitrogen functional groups attached to an aromatic ring is 2. The van der Waals surface area contributed by atoms with E-state index in [-0.39, 0.29) is 49.8 Å². The van der Waals surface area contributed by atoms with Crippen molar-refractivity contribution in [3.8, 4) is 95.8 Å². The maximum Gasteiger partial charge on any atom is 0.270 e. The van der Waals surface area contributed by atoms with Crippen LogP contribution in [-0.4, -0.2) is 76.4 Å². The number of nitro benzene ring substituents is 4. The average molecular weight is 1440 g/mol. The van der Waals surface area contributed by atoms with Crippen molar-refractivity contribution in [2.24, 2.45) is 11.8 Å². The summed E-state index contributed by atoms with van der Waals surface area (Å²) in [4.78, 5) is 39.2. The number of hydrogen-bond acceptors (Lipinski definition) is 15. The Kier molecular flexibility index (Phi) is 43.6. The lowest BCUT2D eigenvalue weighted by atomic mass is 10.0. The van der Waals surface area contributed by atoms with Crippen LogP contribution < -0.4 is 30.4 Å². The molecular weight excluding hydrogens is 1340 g/mol. The smallest absolute Gasteiger partial charge is 0.270 e. The monoisotopic (exact) mass is 1440 g/mol. The van der Waals surface area contributed by atoms with Gasteiger partial charge in [0.1, 0.15) is 50.8 Å². The van der Waals surface area contributed by atoms with E-state index in [1.54, 1.807) is 25.3 Å². The summed E-state index contributed by atoms with van der Waals surface area (Å²) >= 11 is 2.83. The Labute approximate surface area is 591 Å². The van der Waals surface area contributed by atoms with Gasteiger partial charge in [0.15, 0.2) is 0 Å². The number of nitrogens with zero attached hydrogens (tertiary/aromatic N) is 4. The van der Waals surface area contributed by atoms with E-state index in [0.717, 1.165) is 61.4 Å². The topological polar surface area (TPSA) is 282 Å². The molecule has 19 nitrogen and oxygen atoms in total. The third kappa shape index (κ3) is 42.7. The zero-order chi connectivity index (χ0) is 80.6. The highest BCUT2D eigenvalue weighted by atomic mass is 79.9. The highest BCUT2D eigenvalue weighted by Crippen LogP contribution is 2.26. The molecule has 0 aliphatic heterocycles. The molecule has 5 N–H and O–H groups in total. The number of aliphatic hydroxyl groups is 1. The number of hydrogen-bond donors (Lipinski definition) is 3. The molecule has 0 aromatic heterocycles. The van der Waals surface area contributed by atoms with Crippen LogP contribution in [0, 0.1) is 137 Å². The zero-order valence-electron chi connectivity index (χ0n) is 63.6. The molecule has 97 heavy (non-hydrogen) atoms. The van der Waals surface area contributed by atoms with Crippen LogP contribution in [0.4, 0.5) is 42.9 Å². The van der Waals surface area contributed by atoms with Crippen molar-refractivity contribution < 1.29 is 60.8 Å². The van der Waals surface area contributed by atoms with Crippen molar-refractivity contribution in [3.63, 3.8) is 0 Å². The van der Waals surface area contributed by atoms with E-state index < -0.39 is 61.6 Å². The lowest BCUT2D eigenvalue weighted by Gasteiger charge is -2.05. The molecule has 0 aliphatic rings. The van der Waals surface area contributed by atoms with Gasteiger partial charge in [0.25, 0.3) is 22.7 Å². The summed E-state index contributed by atoms with van der Waals surface area (Å²) in [5.41, 5.74) is 18.8. The molecule has 0 aliphatic carbocycles. The number of nitro groups is 4. The van der Waals surface area contributed by atoms with Crippen LogP contribution in [0.1, 0.15) is 116 Å². The standard InChI is InChI=1S/C11H12FNO2Si.2C9H7NO3.2C9H9NO.C8H18.C6H3BrFNO2.C6H14.C5H10Si.CH4O/c1-16(2,3)7-6-9-8-10(13(14)15)4-5-11(9)12;2*1-3-7-6-8(10(11)12)4-5-9(7)13-2;2*1-3-7-6-8(10)4-5-9(7)11-2;1-4-6-8(3)7-5-2;7-5-3-4(9(10)11)1-2-6(5)8;1-4-6(3)5-2;1-5-6(2,3)4;1-2/h4-5,8H,1-3H3;2*1,4-6H,2H3;2*1,4-6H,10H2,2H3;8H,4-7H2,1-3H3;1-3H;6H,4-5H2,1-3H3;1H,2-4H3;2H,1H3/i;2D3;;2D3;;;;;;. The molecule has 522 valence electrons. The molecular formula is C73H93BrF2N6O13Si2. The van der Waals surface area contributed by atoms with Gasteiger partial charge in [-0.2, -0.15) is 0 Å². The summed E-state index contributed by atoms with van der Waals surface area (Å²) in [7, 11) is -3.81. The lowest BCUT2D eigenvalue weighted by Crippen LogP contribution is -2.16. The molecule has 6 aromatic carbocycles. The molecule has 0 saturated heterocycles. The number of benzene rings is 6. The van der Waals surface area contributed by atoms with Crippen molar-refractivity contribution in [2.75, 3.05) is 46.9 Å². The van der Waals surface area contributed by atoms with Crippen LogP contribution in [0.5, 0.6) is 23.0 Å². The van der Waals surface area contributed by atoms with E-state index in [1.165, 1.54) is 94.2 Å². The number of aliphatic hydroxyl groups excluding tert-OH is 1. The van der Waals surface area contributed by atoms with Gasteiger partial charge in [0, 0.05) is 67.0 Å². The minimum atomic E-state index is -2.64. The predicted octanol–water partition coefficient (Wildman–Crippen LogP) is 17.9. The van der Waals surface area contributed by atoms with Crippen LogP contribution in [0.25, 0.3) is 0 Å². The van der Waals surface area contributed by atoms with Gasteiger partial charge < -0.3 is 35.5 Å². The van der Waals surface area contributed by atoms with Gasteiger partial charge in [0.05, 0.1) is 88.5 Å². The summed E-state index contributed by atoms with van der Waals surface area (Å²) < 4.78 is 86.4. The number of halogens is 3. The molecule has 0 unspecified atom stereocenters. The minimum absolute atomic E-state index is 0.0327. The molecule has 6 aromatic rings. The number of non-ortho nitro benzene ring substituents is 4. The molecule has 0 heterocycles. The minimum Gasteiger partial charge on any atom is -0.495 e. The van der Waals surface area contributed by atoms with E-state index in [9.17, 15) is 49.2 Å². The Balaban J connectivity index is -0.000000542. The molecule has 0 spiro atoms. The van der Waals surface area contributed by atoms with Crippen LogP contribution in [0.15, 0.2) is 114 Å². The summed E-state index contributed by atoms with van der Waals surface area (Å²) in [6, 6.07) is 23.8. The molecule has 0 fully saturated rings. The van der Waals surface area contributed by atoms with Crippen molar-refractivity contribution in [1.82, 2.24) is 0 Å². The van der Waals surface area contributed by atoms with Crippen molar-refractivity contribution in [1.29, 1.82) is 0 Å². The maximum atomic E-state index is 13.3. The van der Waals surface area contributed by atoms with E-state index in [1.807, 2.05) is 19.6 Å². The fourth-order valence-electron chi connectivity index (χ4n) is 6.34. The number of ether oxygens (including phenoxy) is 4. The first-order valence-electron chi connectivity index (χ1n) is 32.5. The summed E-state index contributed by atoms with van der Waals surface area (Å²) in [5, 5.41) is 48.5. The number of anilines is 2. The quantitative estimate of drug-likeness (QED) is 0.0300. The molecule has 0 bridgehead atoms. The summed E-state index contributed by atoms with van der Waals surface area (Å²) in [6.45, 7) is 26.1. The van der Waals surface area contributed by atoms with Gasteiger partial charge in [-0.3, -0.25) is 40.5 Å². The van der Waals surface area contributed by atoms with Crippen molar-refractivity contribution >= 4 is 66.2 Å². The highest BCUT2D eigenvalue weighted by Gasteiger charge is 2.14. The van der Waals surface area contributed by atoms with Gasteiger partial charge in [-0.15, -0.1) is 43.2 Å². The predicted molar refractivity (Wildman–Crippen MR) is 399 cm³/mol. The van der Waals surface area contributed by atoms with Gasteiger partial charge in [-0.05, 0) is 88.4 Å². The number of terminal acetylenes is 5. The molecule has 6 rings (SSSR count). The molecule has 0 radical (unpaired) electrons. The second kappa shape index (κ2) is 52.1. The molecule has 24 heteroatoms. The first-order valence-corrected chi connectivity index (χ1v) is 37.3. The normalized spacial score (nSPS) is 10.6. The third-order valence-electron chi connectivity index (χ3n) is 11.9. The largest absolute Gasteiger partial charge is 0.495 e. The summed E-state index contributed by atoms with van der Waals surface area (Å²) in [5.74, 6) is 14.0. The van der Waals surface area contributed by atoms with Crippen molar-refractivity contribution in [2.45, 2.75) is 119 Å². The van der Waals surface area contributed by atoms with Crippen LogP contribution in [0.3, 0.4) is 0 Å². The molecule has 0 amide bonds. The van der Waals surface area contributed by atoms with Crippen LogP contribution in [-0.2, 0) is 0 Å². The van der Waals surface area contributed by atoms with Gasteiger partial charge >= 0.3 is 0 Å². The lowest BCUT2D eigenvalue weighted by molar-refractivity contribution is -0.385. The van der Waals surface area contributed by atoms with E-state index in [0.29, 0.717) is 39.6 Å². The fraction of sp³-hybridized carbons (Fsp3) is 0.342. The van der Waals surface area contributed by atoms with Gasteiger partial charge in [-0.1, -0.05) is 149 Å². The number of methoxy groups -OCH3 is 4. The Bertz CT molecular complexity index is 3930. The number of nitrogens with two attached hydrogens (primary N) is 2. The highest BCUT2D eigenvalue weighted by molar-refractivity contribution is 9.10. The van der Waals surface area contributed by atoms with E-state index in [4.69, 9.17) is 66.4 Å². The maximum absolute atomic E-state index is 13.3. The first-order chi connectivity index (χ1) is 47.8. The second-order valence-electron chi connectivity index (χ2n) is 21.9.